The first-order chi connectivity index (χ1) is 11.6. The molecule has 0 atom stereocenters. The highest BCUT2D eigenvalue weighted by atomic mass is 16.2. The van der Waals surface area contributed by atoms with Gasteiger partial charge in [-0.25, -0.2) is 4.98 Å². The molecule has 120 valence electrons. The molecular weight excluding hydrogens is 304 g/mol. The molecule has 3 rings (SSSR count). The highest BCUT2D eigenvalue weighted by molar-refractivity contribution is 5.93. The molecule has 0 aliphatic carbocycles. The highest BCUT2D eigenvalue weighted by Gasteiger charge is 2.09. The van der Waals surface area contributed by atoms with Crippen LogP contribution in [0.25, 0.3) is 5.65 Å². The Labute approximate surface area is 138 Å². The third kappa shape index (κ3) is 3.06. The molecule has 24 heavy (non-hydrogen) atoms. The number of pyridine rings is 2. The van der Waals surface area contributed by atoms with Crippen LogP contribution in [0.1, 0.15) is 21.7 Å². The second-order valence-corrected chi connectivity index (χ2v) is 5.40. The Morgan fingerprint density at radius 3 is 2.88 bits per heavy atom. The summed E-state index contributed by atoms with van der Waals surface area (Å²) in [6.45, 7) is 2.42. The largest absolute Gasteiger partial charge is 0.341 e. The SMILES string of the molecule is C#CCNC(=O)c1ccc(=O)n(Cc2cn3c(C)cccc3n2)c1. The molecule has 6 heteroatoms. The number of carbonyl (C=O) groups excluding carboxylic acids is 1. The fourth-order valence-corrected chi connectivity index (χ4v) is 2.47. The summed E-state index contributed by atoms with van der Waals surface area (Å²) in [5.74, 6) is 2.03. The molecule has 0 aliphatic rings. The average Bonchev–Trinajstić information content (AvgIpc) is 2.98. The number of carbonyl (C=O) groups is 1. The Morgan fingerprint density at radius 2 is 2.12 bits per heavy atom. The number of nitrogens with zero attached hydrogens (tertiary/aromatic N) is 3. The number of imidazole rings is 1. The third-order valence-electron chi connectivity index (χ3n) is 3.67. The van der Waals surface area contributed by atoms with Crippen molar-refractivity contribution in [3.63, 3.8) is 0 Å². The number of aromatic nitrogens is 3. The van der Waals surface area contributed by atoms with Gasteiger partial charge in [0.1, 0.15) is 5.65 Å². The summed E-state index contributed by atoms with van der Waals surface area (Å²) < 4.78 is 3.42. The van der Waals surface area contributed by atoms with Gasteiger partial charge in [-0.1, -0.05) is 12.0 Å². The normalized spacial score (nSPS) is 10.5. The van der Waals surface area contributed by atoms with Crippen LogP contribution in [-0.2, 0) is 6.54 Å². The Bertz CT molecular complexity index is 1010. The van der Waals surface area contributed by atoms with Gasteiger partial charge in [0.15, 0.2) is 0 Å². The molecule has 0 bridgehead atoms. The van der Waals surface area contributed by atoms with Gasteiger partial charge in [-0.2, -0.15) is 0 Å². The zero-order chi connectivity index (χ0) is 17.1. The highest BCUT2D eigenvalue weighted by Crippen LogP contribution is 2.09. The van der Waals surface area contributed by atoms with Crippen LogP contribution in [0.3, 0.4) is 0 Å². The standard InChI is InChI=1S/C18H16N4O2/c1-3-9-19-18(24)14-7-8-17(23)21(10-14)11-15-12-22-13(2)5-4-6-16(22)20-15/h1,4-8,10,12H,9,11H2,2H3,(H,19,24). The van der Waals surface area contributed by atoms with Gasteiger partial charge in [0, 0.05) is 24.2 Å². The molecule has 0 saturated heterocycles. The Hall–Kier alpha value is -3.33. The van der Waals surface area contributed by atoms with E-state index in [2.05, 4.69) is 16.2 Å². The Kier molecular flexibility index (Phi) is 4.17. The minimum atomic E-state index is -0.312. The number of fused-ring (bicyclic) bond motifs is 1. The minimum Gasteiger partial charge on any atom is -0.341 e. The second kappa shape index (κ2) is 6.42. The van der Waals surface area contributed by atoms with E-state index in [-0.39, 0.29) is 24.6 Å². The molecule has 3 aromatic heterocycles. The lowest BCUT2D eigenvalue weighted by Gasteiger charge is -2.06. The molecule has 0 aromatic carbocycles. The molecular formula is C18H16N4O2. The van der Waals surface area contributed by atoms with E-state index in [0.29, 0.717) is 5.56 Å². The smallest absolute Gasteiger partial charge is 0.253 e. The fourth-order valence-electron chi connectivity index (χ4n) is 2.47. The van der Waals surface area contributed by atoms with Crippen LogP contribution in [0, 0.1) is 19.3 Å². The first kappa shape index (κ1) is 15.6. The van der Waals surface area contributed by atoms with E-state index >= 15 is 0 Å². The van der Waals surface area contributed by atoms with Crippen molar-refractivity contribution in [3.05, 3.63) is 70.0 Å². The molecule has 0 fully saturated rings. The summed E-state index contributed by atoms with van der Waals surface area (Å²) in [4.78, 5) is 28.5. The predicted molar refractivity (Wildman–Crippen MR) is 90.9 cm³/mol. The summed E-state index contributed by atoms with van der Waals surface area (Å²) in [6, 6.07) is 8.68. The first-order valence-corrected chi connectivity index (χ1v) is 7.44. The number of hydrogen-bond acceptors (Lipinski definition) is 3. The average molecular weight is 320 g/mol. The molecule has 6 nitrogen and oxygen atoms in total. The van der Waals surface area contributed by atoms with E-state index in [0.717, 1.165) is 17.0 Å². The molecule has 0 aliphatic heterocycles. The molecule has 3 aromatic rings. The lowest BCUT2D eigenvalue weighted by molar-refractivity contribution is 0.0958. The molecule has 0 radical (unpaired) electrons. The number of aryl methyl sites for hydroxylation is 1. The summed E-state index contributed by atoms with van der Waals surface area (Å²) >= 11 is 0. The van der Waals surface area contributed by atoms with Crippen molar-refractivity contribution in [1.29, 1.82) is 0 Å². The maximum absolute atomic E-state index is 12.1. The van der Waals surface area contributed by atoms with Crippen LogP contribution in [0.15, 0.2) is 47.5 Å². The topological polar surface area (TPSA) is 68.4 Å². The van der Waals surface area contributed by atoms with Crippen molar-refractivity contribution < 1.29 is 4.79 Å². The van der Waals surface area contributed by atoms with Gasteiger partial charge in [-0.3, -0.25) is 9.59 Å². The van der Waals surface area contributed by atoms with E-state index < -0.39 is 0 Å². The molecule has 1 amide bonds. The summed E-state index contributed by atoms with van der Waals surface area (Å²) in [5, 5.41) is 2.58. The van der Waals surface area contributed by atoms with Crippen molar-refractivity contribution in [2.24, 2.45) is 0 Å². The molecule has 1 N–H and O–H groups in total. The minimum absolute atomic E-state index is 0.143. The van der Waals surface area contributed by atoms with Crippen LogP contribution in [0.5, 0.6) is 0 Å². The number of nitrogens with one attached hydrogen (secondary N) is 1. The van der Waals surface area contributed by atoms with Crippen LogP contribution in [0.2, 0.25) is 0 Å². The van der Waals surface area contributed by atoms with E-state index in [1.165, 1.54) is 22.9 Å². The van der Waals surface area contributed by atoms with Crippen LogP contribution in [-0.4, -0.2) is 26.4 Å². The number of amides is 1. The van der Waals surface area contributed by atoms with Crippen molar-refractivity contribution in [3.8, 4) is 12.3 Å². The first-order valence-electron chi connectivity index (χ1n) is 7.44. The molecule has 0 saturated carbocycles. The lowest BCUT2D eigenvalue weighted by atomic mass is 10.2. The predicted octanol–water partition coefficient (Wildman–Crippen LogP) is 1.22. The fraction of sp³-hybridized carbons (Fsp3) is 0.167. The Morgan fingerprint density at radius 1 is 1.29 bits per heavy atom. The van der Waals surface area contributed by atoms with Gasteiger partial charge in [-0.05, 0) is 25.1 Å². The second-order valence-electron chi connectivity index (χ2n) is 5.40. The summed E-state index contributed by atoms with van der Waals surface area (Å²) in [7, 11) is 0. The van der Waals surface area contributed by atoms with Gasteiger partial charge in [-0.15, -0.1) is 6.42 Å². The van der Waals surface area contributed by atoms with Crippen LogP contribution < -0.4 is 10.9 Å². The van der Waals surface area contributed by atoms with Crippen molar-refractivity contribution >= 4 is 11.6 Å². The quantitative estimate of drug-likeness (QED) is 0.735. The summed E-state index contributed by atoms with van der Waals surface area (Å²) in [5.41, 5.74) is 2.80. The number of terminal acetylenes is 1. The van der Waals surface area contributed by atoms with Crippen molar-refractivity contribution in [1.82, 2.24) is 19.3 Å². The van der Waals surface area contributed by atoms with E-state index in [9.17, 15) is 9.59 Å². The number of hydrogen-bond donors (Lipinski definition) is 1. The zero-order valence-corrected chi connectivity index (χ0v) is 13.2. The molecule has 0 unspecified atom stereocenters. The molecule has 0 spiro atoms. The maximum Gasteiger partial charge on any atom is 0.253 e. The maximum atomic E-state index is 12.1. The number of rotatable bonds is 4. The van der Waals surface area contributed by atoms with Crippen LogP contribution in [0.4, 0.5) is 0 Å². The lowest BCUT2D eigenvalue weighted by Crippen LogP contribution is -2.27. The monoisotopic (exact) mass is 320 g/mol. The van der Waals surface area contributed by atoms with Crippen molar-refractivity contribution in [2.45, 2.75) is 13.5 Å². The zero-order valence-electron chi connectivity index (χ0n) is 13.2. The van der Waals surface area contributed by atoms with E-state index in [4.69, 9.17) is 6.42 Å². The van der Waals surface area contributed by atoms with Crippen molar-refractivity contribution in [2.75, 3.05) is 6.54 Å². The van der Waals surface area contributed by atoms with Gasteiger partial charge >= 0.3 is 0 Å². The van der Waals surface area contributed by atoms with Crippen LogP contribution >= 0.6 is 0 Å². The summed E-state index contributed by atoms with van der Waals surface area (Å²) in [6.07, 6.45) is 8.54. The third-order valence-corrected chi connectivity index (χ3v) is 3.67. The molecule has 3 heterocycles. The van der Waals surface area contributed by atoms with Gasteiger partial charge in [0.05, 0.1) is 24.3 Å². The Balaban J connectivity index is 1.91. The van der Waals surface area contributed by atoms with E-state index in [1.54, 1.807) is 0 Å². The van der Waals surface area contributed by atoms with Gasteiger partial charge in [0.2, 0.25) is 0 Å². The van der Waals surface area contributed by atoms with Gasteiger partial charge < -0.3 is 14.3 Å². The van der Waals surface area contributed by atoms with E-state index in [1.807, 2.05) is 35.7 Å². The van der Waals surface area contributed by atoms with Gasteiger partial charge in [0.25, 0.3) is 11.5 Å².